The van der Waals surface area contributed by atoms with Crippen molar-refractivity contribution < 1.29 is 0 Å². The minimum Gasteiger partial charge on any atom is -0.0617 e. The van der Waals surface area contributed by atoms with Gasteiger partial charge in [-0.15, -0.1) is 0 Å². The van der Waals surface area contributed by atoms with Crippen molar-refractivity contribution in [3.8, 4) is 0 Å². The fraction of sp³-hybridized carbons (Fsp3) is 0.0952. The van der Waals surface area contributed by atoms with Crippen molar-refractivity contribution in [2.75, 3.05) is 0 Å². The minimum absolute atomic E-state index is 1.30. The number of hydrogen-bond acceptors (Lipinski definition) is 0. The van der Waals surface area contributed by atoms with Crippen LogP contribution < -0.4 is 0 Å². The number of rotatable bonds is 1. The van der Waals surface area contributed by atoms with Crippen LogP contribution >= 0.6 is 0 Å². The highest BCUT2D eigenvalue weighted by atomic mass is 14.3. The molecule has 0 heteroatoms. The van der Waals surface area contributed by atoms with E-state index in [-0.39, 0.29) is 0 Å². The maximum Gasteiger partial charge on any atom is 0.0214 e. The molecule has 0 saturated heterocycles. The lowest BCUT2D eigenvalue weighted by Crippen LogP contribution is -1.86. The molecule has 1 aliphatic rings. The van der Waals surface area contributed by atoms with Crippen molar-refractivity contribution in [1.82, 2.24) is 0 Å². The van der Waals surface area contributed by atoms with Gasteiger partial charge in [-0.1, -0.05) is 60.7 Å². The van der Waals surface area contributed by atoms with Gasteiger partial charge in [-0.3, -0.25) is 0 Å². The highest BCUT2D eigenvalue weighted by Gasteiger charge is 2.22. The van der Waals surface area contributed by atoms with Gasteiger partial charge in [0.1, 0.15) is 0 Å². The number of hydrogen-bond donors (Lipinski definition) is 0. The Morgan fingerprint density at radius 2 is 1.48 bits per heavy atom. The Kier molecular flexibility index (Phi) is 2.71. The minimum atomic E-state index is 1.30. The summed E-state index contributed by atoms with van der Waals surface area (Å²) >= 11 is 0. The predicted molar refractivity (Wildman–Crippen MR) is 91.0 cm³/mol. The molecule has 0 atom stereocenters. The van der Waals surface area contributed by atoms with E-state index in [0.29, 0.717) is 0 Å². The van der Waals surface area contributed by atoms with E-state index in [9.17, 15) is 0 Å². The third-order valence-corrected chi connectivity index (χ3v) is 4.46. The Bertz CT molecular complexity index is 876. The molecule has 0 unspecified atom stereocenters. The Labute approximate surface area is 125 Å². The van der Waals surface area contributed by atoms with E-state index < -0.39 is 0 Å². The number of fused-ring (bicyclic) bond motifs is 2. The standard InChI is InChI=1S/C21H17/c1-14-7-5-10-17-13-20(15(2)21(14)17)19-12-6-9-16-8-3-4-11-18(16)19/h3-13H,1-2H3. The quantitative estimate of drug-likeness (QED) is 0.536. The number of allylic oxidation sites excluding steroid dienone is 2. The summed E-state index contributed by atoms with van der Waals surface area (Å²) in [7, 11) is 0. The van der Waals surface area contributed by atoms with E-state index in [1.165, 1.54) is 44.2 Å². The molecule has 0 fully saturated rings. The molecular weight excluding hydrogens is 252 g/mol. The van der Waals surface area contributed by atoms with Gasteiger partial charge >= 0.3 is 0 Å². The van der Waals surface area contributed by atoms with Crippen molar-refractivity contribution in [2.45, 2.75) is 13.8 Å². The summed E-state index contributed by atoms with van der Waals surface area (Å²) in [4.78, 5) is 0. The fourth-order valence-electron chi connectivity index (χ4n) is 3.46. The van der Waals surface area contributed by atoms with Crippen molar-refractivity contribution >= 4 is 21.9 Å². The molecular formula is C21H17. The van der Waals surface area contributed by atoms with Gasteiger partial charge in [-0.25, -0.2) is 0 Å². The van der Waals surface area contributed by atoms with Gasteiger partial charge < -0.3 is 0 Å². The van der Waals surface area contributed by atoms with Crippen molar-refractivity contribution in [3.05, 3.63) is 89.3 Å². The fourth-order valence-corrected chi connectivity index (χ4v) is 3.46. The van der Waals surface area contributed by atoms with Crippen LogP contribution in [0.25, 0.3) is 21.9 Å². The molecule has 0 aromatic heterocycles. The van der Waals surface area contributed by atoms with Crippen LogP contribution in [-0.4, -0.2) is 0 Å². The van der Waals surface area contributed by atoms with Crippen LogP contribution in [0, 0.1) is 13.3 Å². The topological polar surface area (TPSA) is 0 Å². The van der Waals surface area contributed by atoms with Crippen molar-refractivity contribution in [3.63, 3.8) is 0 Å². The Hall–Kier alpha value is -2.34. The average Bonchev–Trinajstić information content (AvgIpc) is 2.85. The molecule has 101 valence electrons. The van der Waals surface area contributed by atoms with Crippen molar-refractivity contribution in [2.24, 2.45) is 0 Å². The van der Waals surface area contributed by atoms with Gasteiger partial charge in [0.05, 0.1) is 0 Å². The monoisotopic (exact) mass is 269 g/mol. The third-order valence-electron chi connectivity index (χ3n) is 4.46. The molecule has 0 bridgehead atoms. The van der Waals surface area contributed by atoms with E-state index >= 15 is 0 Å². The summed E-state index contributed by atoms with van der Waals surface area (Å²) in [5, 5.41) is 2.63. The molecule has 0 heterocycles. The number of aryl methyl sites for hydroxylation is 1. The Morgan fingerprint density at radius 3 is 2.33 bits per heavy atom. The normalized spacial score (nSPS) is 13.8. The van der Waals surface area contributed by atoms with Gasteiger partial charge in [0.25, 0.3) is 0 Å². The lowest BCUT2D eigenvalue weighted by atomic mass is 9.95. The smallest absolute Gasteiger partial charge is 0.0214 e. The van der Waals surface area contributed by atoms with E-state index in [4.69, 9.17) is 0 Å². The molecule has 21 heavy (non-hydrogen) atoms. The summed E-state index contributed by atoms with van der Waals surface area (Å²) in [5.74, 6) is 0. The molecule has 0 nitrogen and oxygen atoms in total. The van der Waals surface area contributed by atoms with Crippen LogP contribution in [0.1, 0.15) is 29.2 Å². The van der Waals surface area contributed by atoms with Crippen LogP contribution in [0.4, 0.5) is 0 Å². The highest BCUT2D eigenvalue weighted by molar-refractivity contribution is 6.08. The largest absolute Gasteiger partial charge is 0.0617 e. The molecule has 4 rings (SSSR count). The van der Waals surface area contributed by atoms with E-state index in [1.807, 2.05) is 0 Å². The maximum atomic E-state index is 2.33. The van der Waals surface area contributed by atoms with Gasteiger partial charge in [0.15, 0.2) is 0 Å². The molecule has 3 aromatic carbocycles. The first-order valence-corrected chi connectivity index (χ1v) is 7.39. The molecule has 3 aromatic rings. The van der Waals surface area contributed by atoms with Crippen LogP contribution in [0.3, 0.4) is 0 Å². The molecule has 1 radical (unpaired) electrons. The summed E-state index contributed by atoms with van der Waals surface area (Å²) in [6.07, 6.45) is 2.33. The summed E-state index contributed by atoms with van der Waals surface area (Å²) in [6, 6.07) is 21.7. The Morgan fingerprint density at radius 1 is 0.714 bits per heavy atom. The van der Waals surface area contributed by atoms with Crippen LogP contribution in [-0.2, 0) is 0 Å². The third kappa shape index (κ3) is 1.83. The average molecular weight is 269 g/mol. The zero-order chi connectivity index (χ0) is 14.4. The van der Waals surface area contributed by atoms with Gasteiger partial charge in [-0.2, -0.15) is 0 Å². The maximum absolute atomic E-state index is 2.33. The molecule has 0 saturated carbocycles. The summed E-state index contributed by atoms with van der Waals surface area (Å²) < 4.78 is 0. The molecule has 0 amide bonds. The molecule has 0 N–H and O–H groups in total. The predicted octanol–water partition coefficient (Wildman–Crippen LogP) is 5.64. The number of benzene rings is 3. The first-order valence-electron chi connectivity index (χ1n) is 7.39. The molecule has 0 aliphatic heterocycles. The second-order valence-corrected chi connectivity index (χ2v) is 5.75. The van der Waals surface area contributed by atoms with Gasteiger partial charge in [-0.05, 0) is 58.0 Å². The highest BCUT2D eigenvalue weighted by Crippen LogP contribution is 2.42. The molecule has 0 spiro atoms. The van der Waals surface area contributed by atoms with Gasteiger partial charge in [0.2, 0.25) is 0 Å². The second kappa shape index (κ2) is 4.60. The zero-order valence-electron chi connectivity index (χ0n) is 12.4. The lowest BCUT2D eigenvalue weighted by Gasteiger charge is -2.09. The van der Waals surface area contributed by atoms with Crippen LogP contribution in [0.15, 0.2) is 60.7 Å². The van der Waals surface area contributed by atoms with E-state index in [1.54, 1.807) is 0 Å². The van der Waals surface area contributed by atoms with Crippen LogP contribution in [0.2, 0.25) is 0 Å². The summed E-state index contributed by atoms with van der Waals surface area (Å²) in [5.41, 5.74) is 8.18. The molecule has 1 aliphatic carbocycles. The summed E-state index contributed by atoms with van der Waals surface area (Å²) in [6.45, 7) is 4.44. The van der Waals surface area contributed by atoms with E-state index in [2.05, 4.69) is 80.9 Å². The van der Waals surface area contributed by atoms with E-state index in [0.717, 1.165) is 0 Å². The SMILES string of the molecule is CC1=C(c2cccc3ccccc23)[CH]c2cccc(C)c21. The first kappa shape index (κ1) is 12.4. The zero-order valence-corrected chi connectivity index (χ0v) is 12.4. The Balaban J connectivity index is 1.98. The van der Waals surface area contributed by atoms with Crippen molar-refractivity contribution in [1.29, 1.82) is 0 Å². The van der Waals surface area contributed by atoms with Crippen LogP contribution in [0.5, 0.6) is 0 Å². The lowest BCUT2D eigenvalue weighted by molar-refractivity contribution is 1.39. The first-order chi connectivity index (χ1) is 10.3. The van der Waals surface area contributed by atoms with Gasteiger partial charge in [0, 0.05) is 6.42 Å². The second-order valence-electron chi connectivity index (χ2n) is 5.75.